The van der Waals surface area contributed by atoms with E-state index in [1.54, 1.807) is 0 Å². The molecule has 1 aromatic rings. The Morgan fingerprint density at radius 3 is 2.26 bits per heavy atom. The molecule has 0 saturated carbocycles. The maximum Gasteiger partial charge on any atom is 0.0345 e. The third-order valence-electron chi connectivity index (χ3n) is 4.58. The number of piperidine rings is 1. The maximum absolute atomic E-state index is 5.78. The van der Waals surface area contributed by atoms with Crippen LogP contribution < -0.4 is 5.73 Å². The molecule has 0 radical (unpaired) electrons. The van der Waals surface area contributed by atoms with Gasteiger partial charge < -0.3 is 5.73 Å². The van der Waals surface area contributed by atoms with Gasteiger partial charge in [-0.1, -0.05) is 38.1 Å². The fraction of sp³-hybridized carbons (Fsp3) is 0.647. The summed E-state index contributed by atoms with van der Waals surface area (Å²) in [5, 5.41) is 0. The lowest BCUT2D eigenvalue weighted by Crippen LogP contribution is -2.38. The summed E-state index contributed by atoms with van der Waals surface area (Å²) in [6.45, 7) is 7.78. The van der Waals surface area contributed by atoms with Crippen LogP contribution in [0, 0.1) is 5.92 Å². The van der Waals surface area contributed by atoms with Crippen LogP contribution in [0.1, 0.15) is 50.3 Å². The van der Waals surface area contributed by atoms with E-state index in [2.05, 4.69) is 43.0 Å². The molecule has 2 nitrogen and oxygen atoms in total. The first-order valence-corrected chi connectivity index (χ1v) is 7.81. The first-order chi connectivity index (χ1) is 9.28. The summed E-state index contributed by atoms with van der Waals surface area (Å²) in [5.41, 5.74) is 8.69. The molecule has 2 N–H and O–H groups in total. The van der Waals surface area contributed by atoms with Crippen molar-refractivity contribution in [1.29, 1.82) is 0 Å². The molecule has 0 amide bonds. The zero-order valence-electron chi connectivity index (χ0n) is 12.4. The van der Waals surface area contributed by atoms with E-state index in [9.17, 15) is 0 Å². The number of hydrogen-bond donors (Lipinski definition) is 1. The molecular formula is C17H28N2. The van der Waals surface area contributed by atoms with Gasteiger partial charge in [-0.3, -0.25) is 4.90 Å². The van der Waals surface area contributed by atoms with E-state index >= 15 is 0 Å². The highest BCUT2D eigenvalue weighted by atomic mass is 15.2. The molecule has 1 atom stereocenters. The minimum Gasteiger partial charge on any atom is -0.330 e. The molecule has 1 saturated heterocycles. The van der Waals surface area contributed by atoms with Gasteiger partial charge in [-0.2, -0.15) is 0 Å². The third-order valence-corrected chi connectivity index (χ3v) is 4.58. The number of likely N-dealkylation sites (tertiary alicyclic amines) is 1. The first kappa shape index (κ1) is 14.5. The second-order valence-corrected chi connectivity index (χ2v) is 5.73. The van der Waals surface area contributed by atoms with Gasteiger partial charge in [-0.25, -0.2) is 0 Å². The normalized spacial score (nSPS) is 19.5. The Labute approximate surface area is 118 Å². The summed E-state index contributed by atoms with van der Waals surface area (Å²) in [7, 11) is 0. The van der Waals surface area contributed by atoms with Gasteiger partial charge >= 0.3 is 0 Å². The molecule has 2 rings (SSSR count). The second kappa shape index (κ2) is 7.06. The summed E-state index contributed by atoms with van der Waals surface area (Å²) >= 11 is 0. The highest BCUT2D eigenvalue weighted by molar-refractivity contribution is 5.25. The molecule has 1 aliphatic rings. The van der Waals surface area contributed by atoms with Gasteiger partial charge in [-0.05, 0) is 62.4 Å². The van der Waals surface area contributed by atoms with Crippen molar-refractivity contribution in [2.24, 2.45) is 11.7 Å². The van der Waals surface area contributed by atoms with Crippen LogP contribution >= 0.6 is 0 Å². The minimum absolute atomic E-state index is 0.588. The predicted octanol–water partition coefficient (Wildman–Crippen LogP) is 3.37. The van der Waals surface area contributed by atoms with Crippen molar-refractivity contribution in [2.45, 2.75) is 45.6 Å². The Kier molecular flexibility index (Phi) is 5.41. The first-order valence-electron chi connectivity index (χ1n) is 7.81. The van der Waals surface area contributed by atoms with Gasteiger partial charge in [0.2, 0.25) is 0 Å². The Bertz CT molecular complexity index is 363. The SMILES string of the molecule is CCc1ccc(C(CC)N2CCC(CN)CC2)cc1. The maximum atomic E-state index is 5.78. The van der Waals surface area contributed by atoms with E-state index in [0.29, 0.717) is 6.04 Å². The van der Waals surface area contributed by atoms with E-state index in [0.717, 1.165) is 18.9 Å². The van der Waals surface area contributed by atoms with E-state index in [1.807, 2.05) is 0 Å². The van der Waals surface area contributed by atoms with Gasteiger partial charge in [-0.15, -0.1) is 0 Å². The molecule has 0 aromatic heterocycles. The highest BCUT2D eigenvalue weighted by Crippen LogP contribution is 2.29. The number of hydrogen-bond acceptors (Lipinski definition) is 2. The number of benzene rings is 1. The van der Waals surface area contributed by atoms with Crippen LogP contribution in [0.2, 0.25) is 0 Å². The Morgan fingerprint density at radius 1 is 1.16 bits per heavy atom. The second-order valence-electron chi connectivity index (χ2n) is 5.73. The topological polar surface area (TPSA) is 29.3 Å². The molecule has 1 fully saturated rings. The fourth-order valence-electron chi connectivity index (χ4n) is 3.18. The van der Waals surface area contributed by atoms with Gasteiger partial charge in [0.15, 0.2) is 0 Å². The van der Waals surface area contributed by atoms with Crippen molar-refractivity contribution in [1.82, 2.24) is 4.90 Å². The lowest BCUT2D eigenvalue weighted by molar-refractivity contribution is 0.131. The van der Waals surface area contributed by atoms with Crippen molar-refractivity contribution in [3.8, 4) is 0 Å². The zero-order valence-corrected chi connectivity index (χ0v) is 12.4. The van der Waals surface area contributed by atoms with E-state index in [-0.39, 0.29) is 0 Å². The van der Waals surface area contributed by atoms with Crippen LogP contribution in [-0.4, -0.2) is 24.5 Å². The molecule has 19 heavy (non-hydrogen) atoms. The summed E-state index contributed by atoms with van der Waals surface area (Å²) in [5.74, 6) is 0.747. The molecule has 2 heteroatoms. The van der Waals surface area contributed by atoms with Crippen molar-refractivity contribution >= 4 is 0 Å². The number of nitrogens with two attached hydrogens (primary N) is 1. The van der Waals surface area contributed by atoms with Crippen molar-refractivity contribution in [3.05, 3.63) is 35.4 Å². The molecular weight excluding hydrogens is 232 g/mol. The van der Waals surface area contributed by atoms with Crippen LogP contribution in [-0.2, 0) is 6.42 Å². The van der Waals surface area contributed by atoms with Crippen LogP contribution in [0.4, 0.5) is 0 Å². The summed E-state index contributed by atoms with van der Waals surface area (Å²) < 4.78 is 0. The number of rotatable bonds is 5. The van der Waals surface area contributed by atoms with Gasteiger partial charge in [0.05, 0.1) is 0 Å². The predicted molar refractivity (Wildman–Crippen MR) is 82.2 cm³/mol. The molecule has 0 bridgehead atoms. The van der Waals surface area contributed by atoms with E-state index in [1.165, 1.54) is 43.5 Å². The summed E-state index contributed by atoms with van der Waals surface area (Å²) in [6, 6.07) is 9.80. The standard InChI is InChI=1S/C17H28N2/c1-3-14-5-7-16(8-6-14)17(4-2)19-11-9-15(13-18)10-12-19/h5-8,15,17H,3-4,9-13,18H2,1-2H3. The molecule has 1 unspecified atom stereocenters. The van der Waals surface area contributed by atoms with Gasteiger partial charge in [0, 0.05) is 6.04 Å². The summed E-state index contributed by atoms with van der Waals surface area (Å²) in [4.78, 5) is 2.65. The van der Waals surface area contributed by atoms with Crippen molar-refractivity contribution < 1.29 is 0 Å². The quantitative estimate of drug-likeness (QED) is 0.879. The molecule has 0 spiro atoms. The third kappa shape index (κ3) is 3.58. The lowest BCUT2D eigenvalue weighted by atomic mass is 9.93. The number of aryl methyl sites for hydroxylation is 1. The minimum atomic E-state index is 0.588. The monoisotopic (exact) mass is 260 g/mol. The molecule has 1 aliphatic heterocycles. The average Bonchev–Trinajstić information content (AvgIpc) is 2.49. The highest BCUT2D eigenvalue weighted by Gasteiger charge is 2.24. The van der Waals surface area contributed by atoms with Crippen LogP contribution in [0.5, 0.6) is 0 Å². The lowest BCUT2D eigenvalue weighted by Gasteiger charge is -2.37. The summed E-state index contributed by atoms with van der Waals surface area (Å²) in [6.07, 6.45) is 4.85. The van der Waals surface area contributed by atoms with Crippen LogP contribution in [0.15, 0.2) is 24.3 Å². The largest absolute Gasteiger partial charge is 0.330 e. The number of nitrogens with zero attached hydrogens (tertiary/aromatic N) is 1. The average molecular weight is 260 g/mol. The van der Waals surface area contributed by atoms with E-state index in [4.69, 9.17) is 5.73 Å². The zero-order chi connectivity index (χ0) is 13.7. The van der Waals surface area contributed by atoms with E-state index < -0.39 is 0 Å². The van der Waals surface area contributed by atoms with Gasteiger partial charge in [0.1, 0.15) is 0 Å². The molecule has 1 heterocycles. The Morgan fingerprint density at radius 2 is 1.79 bits per heavy atom. The van der Waals surface area contributed by atoms with Gasteiger partial charge in [0.25, 0.3) is 0 Å². The Balaban J connectivity index is 2.03. The van der Waals surface area contributed by atoms with Crippen LogP contribution in [0.25, 0.3) is 0 Å². The molecule has 1 aromatic carbocycles. The van der Waals surface area contributed by atoms with Crippen molar-refractivity contribution in [3.63, 3.8) is 0 Å². The van der Waals surface area contributed by atoms with Crippen LogP contribution in [0.3, 0.4) is 0 Å². The smallest absolute Gasteiger partial charge is 0.0345 e. The molecule has 106 valence electrons. The fourth-order valence-corrected chi connectivity index (χ4v) is 3.18. The van der Waals surface area contributed by atoms with Crippen molar-refractivity contribution in [2.75, 3.05) is 19.6 Å². The Hall–Kier alpha value is -0.860. The molecule has 0 aliphatic carbocycles.